The molecular weight excluding hydrogens is 482 g/mol. The summed E-state index contributed by atoms with van der Waals surface area (Å²) in [6.07, 6.45) is 20.3. The molecule has 0 aliphatic carbocycles. The molecular formula is C31H57NO6. The smallest absolute Gasteiger partial charge is 0.312 e. The van der Waals surface area contributed by atoms with E-state index in [0.717, 1.165) is 12.8 Å². The molecule has 0 aromatic carbocycles. The van der Waals surface area contributed by atoms with Crippen LogP contribution in [-0.4, -0.2) is 58.8 Å². The molecule has 0 heterocycles. The fraction of sp³-hybridized carbons (Fsp3) is 0.839. The summed E-state index contributed by atoms with van der Waals surface area (Å²) in [6.45, 7) is 8.65. The lowest BCUT2D eigenvalue weighted by Gasteiger charge is -2.43. The van der Waals surface area contributed by atoms with E-state index in [1.165, 1.54) is 64.2 Å². The van der Waals surface area contributed by atoms with E-state index in [1.54, 1.807) is 20.8 Å². The molecule has 0 aromatic heterocycles. The molecule has 222 valence electrons. The summed E-state index contributed by atoms with van der Waals surface area (Å²) in [5.74, 6) is -5.10. The van der Waals surface area contributed by atoms with Crippen LogP contribution in [0.25, 0.3) is 0 Å². The number of rotatable bonds is 26. The first kappa shape index (κ1) is 36.1. The molecule has 0 spiro atoms. The highest BCUT2D eigenvalue weighted by molar-refractivity contribution is 5.71. The van der Waals surface area contributed by atoms with Crippen molar-refractivity contribution in [2.24, 2.45) is 17.8 Å². The zero-order chi connectivity index (χ0) is 28.8. The minimum atomic E-state index is -1.16. The van der Waals surface area contributed by atoms with Crippen molar-refractivity contribution in [1.82, 2.24) is 0 Å². The monoisotopic (exact) mass is 539 g/mol. The average molecular weight is 540 g/mol. The molecule has 3 unspecified atom stereocenters. The lowest BCUT2D eigenvalue weighted by molar-refractivity contribution is -0.929. The van der Waals surface area contributed by atoms with E-state index in [4.69, 9.17) is 0 Å². The molecule has 0 radical (unpaired) electrons. The number of carbonyl (C=O) groups excluding carboxylic acids is 1. The number of carbonyl (C=O) groups is 3. The number of hydrogen-bond donors (Lipinski definition) is 2. The summed E-state index contributed by atoms with van der Waals surface area (Å²) < 4.78 is 0.136. The number of hydrogen-bond acceptors (Lipinski definition) is 4. The summed E-state index contributed by atoms with van der Waals surface area (Å²) in [7, 11) is 0. The zero-order valence-corrected chi connectivity index (χ0v) is 24.8. The van der Waals surface area contributed by atoms with Crippen LogP contribution in [0.1, 0.15) is 124 Å². The second-order valence-corrected chi connectivity index (χ2v) is 11.2. The van der Waals surface area contributed by atoms with Gasteiger partial charge in [0.15, 0.2) is 0 Å². The molecule has 0 saturated carbocycles. The third kappa shape index (κ3) is 16.2. The summed E-state index contributed by atoms with van der Waals surface area (Å²) >= 11 is 0. The second kappa shape index (κ2) is 22.0. The van der Waals surface area contributed by atoms with Gasteiger partial charge >= 0.3 is 11.9 Å². The zero-order valence-electron chi connectivity index (χ0n) is 24.8. The van der Waals surface area contributed by atoms with Crippen LogP contribution in [0.5, 0.6) is 0 Å². The first-order valence-electron chi connectivity index (χ1n) is 15.3. The lowest BCUT2D eigenvalue weighted by atomic mass is 9.96. The maximum absolute atomic E-state index is 11.9. The molecule has 0 bridgehead atoms. The van der Waals surface area contributed by atoms with Crippen LogP contribution in [0, 0.1) is 17.8 Å². The molecule has 2 N–H and O–H groups in total. The van der Waals surface area contributed by atoms with Crippen LogP contribution >= 0.6 is 0 Å². The van der Waals surface area contributed by atoms with Gasteiger partial charge in [-0.2, -0.15) is 0 Å². The van der Waals surface area contributed by atoms with Crippen LogP contribution in [0.3, 0.4) is 0 Å². The number of quaternary nitrogens is 1. The van der Waals surface area contributed by atoms with Gasteiger partial charge < -0.3 is 24.6 Å². The third-order valence-electron chi connectivity index (χ3n) is 7.97. The van der Waals surface area contributed by atoms with Crippen molar-refractivity contribution in [3.8, 4) is 0 Å². The molecule has 0 fully saturated rings. The summed E-state index contributed by atoms with van der Waals surface area (Å²) in [5, 5.41) is 31.3. The van der Waals surface area contributed by atoms with Crippen molar-refractivity contribution < 1.29 is 34.2 Å². The Balaban J connectivity index is 5.15. The van der Waals surface area contributed by atoms with Gasteiger partial charge in [0.25, 0.3) is 0 Å². The summed E-state index contributed by atoms with van der Waals surface area (Å²) in [4.78, 5) is 35.6. The van der Waals surface area contributed by atoms with Crippen molar-refractivity contribution in [2.75, 3.05) is 26.2 Å². The Kier molecular flexibility index (Phi) is 20.9. The summed E-state index contributed by atoms with van der Waals surface area (Å²) in [6, 6.07) is 0. The number of carboxylic acids is 3. The van der Waals surface area contributed by atoms with Gasteiger partial charge in [0.2, 0.25) is 0 Å². The van der Waals surface area contributed by atoms with Crippen LogP contribution in [0.4, 0.5) is 0 Å². The van der Waals surface area contributed by atoms with E-state index in [1.807, 2.05) is 6.08 Å². The highest BCUT2D eigenvalue weighted by atomic mass is 16.4. The van der Waals surface area contributed by atoms with Gasteiger partial charge in [-0.25, -0.2) is 0 Å². The molecule has 7 nitrogen and oxygen atoms in total. The number of unbranched alkanes of at least 4 members (excludes halogenated alkanes) is 11. The Bertz CT molecular complexity index is 617. The maximum Gasteiger partial charge on any atom is 0.312 e. The maximum atomic E-state index is 11.9. The van der Waals surface area contributed by atoms with Crippen LogP contribution < -0.4 is 5.11 Å². The normalized spacial score (nSPS) is 15.7. The Morgan fingerprint density at radius 1 is 0.632 bits per heavy atom. The fourth-order valence-electron chi connectivity index (χ4n) is 5.33. The van der Waals surface area contributed by atoms with Crippen molar-refractivity contribution >= 4 is 17.9 Å². The highest BCUT2D eigenvalue weighted by Crippen LogP contribution is 2.24. The van der Waals surface area contributed by atoms with Crippen molar-refractivity contribution in [1.29, 1.82) is 0 Å². The largest absolute Gasteiger partial charge is 0.550 e. The minimum Gasteiger partial charge on any atom is -0.550 e. The topological polar surface area (TPSA) is 115 Å². The van der Waals surface area contributed by atoms with E-state index in [2.05, 4.69) is 13.0 Å². The summed E-state index contributed by atoms with van der Waals surface area (Å²) in [5.41, 5.74) is 0. The number of nitrogens with zero attached hydrogens (tertiary/aromatic N) is 1. The van der Waals surface area contributed by atoms with E-state index < -0.39 is 35.7 Å². The first-order valence-corrected chi connectivity index (χ1v) is 15.3. The predicted octanol–water partition coefficient (Wildman–Crippen LogP) is 6.06. The fourth-order valence-corrected chi connectivity index (χ4v) is 5.33. The number of allylic oxidation sites excluding steroid dienone is 1. The standard InChI is InChI=1S/C31H57NO6/c1-5-9-10-11-12-13-14-15-16-17-18-19-20-21-22-32(23-26(6-2)29(33)34,24-27(7-3)30(35)36)25-28(8-4)31(37)38/h20-21,26-28H,5-19,22-25H2,1-4H3,(H2-,33,34,35,36,37,38)/b21-20+. The van der Waals surface area contributed by atoms with E-state index in [0.29, 0.717) is 25.8 Å². The molecule has 7 heteroatoms. The van der Waals surface area contributed by atoms with Gasteiger partial charge in [-0.15, -0.1) is 0 Å². The molecule has 38 heavy (non-hydrogen) atoms. The van der Waals surface area contributed by atoms with E-state index in [-0.39, 0.29) is 24.1 Å². The SMILES string of the molecule is CCCCCCCCCCCCC/C=C/C[N+](CC(CC)C(=O)[O-])(CC(CC)C(=O)O)CC(CC)C(=O)O. The van der Waals surface area contributed by atoms with Crippen LogP contribution in [-0.2, 0) is 14.4 Å². The number of carboxylic acid groups (broad SMARTS) is 3. The van der Waals surface area contributed by atoms with Gasteiger partial charge in [-0.05, 0) is 38.2 Å². The van der Waals surface area contributed by atoms with Gasteiger partial charge in [0.1, 0.15) is 11.8 Å². The molecule has 0 aliphatic rings. The molecule has 3 atom stereocenters. The van der Waals surface area contributed by atoms with Gasteiger partial charge in [-0.1, -0.05) is 98.0 Å². The van der Waals surface area contributed by atoms with Gasteiger partial charge in [-0.3, -0.25) is 9.59 Å². The second-order valence-electron chi connectivity index (χ2n) is 11.2. The van der Waals surface area contributed by atoms with Gasteiger partial charge in [0.05, 0.1) is 32.1 Å². The highest BCUT2D eigenvalue weighted by Gasteiger charge is 2.38. The van der Waals surface area contributed by atoms with Crippen molar-refractivity contribution in [3.63, 3.8) is 0 Å². The molecule has 0 aliphatic heterocycles. The quantitative estimate of drug-likeness (QED) is 0.0784. The Hall–Kier alpha value is -1.89. The van der Waals surface area contributed by atoms with Crippen LogP contribution in [0.2, 0.25) is 0 Å². The predicted molar refractivity (Wildman–Crippen MR) is 152 cm³/mol. The third-order valence-corrected chi connectivity index (χ3v) is 7.97. The van der Waals surface area contributed by atoms with E-state index >= 15 is 0 Å². The number of aliphatic carboxylic acids is 3. The molecule has 0 saturated heterocycles. The van der Waals surface area contributed by atoms with Crippen LogP contribution in [0.15, 0.2) is 12.2 Å². The van der Waals surface area contributed by atoms with E-state index in [9.17, 15) is 29.7 Å². The molecule has 0 aromatic rings. The Labute approximate surface area is 232 Å². The Morgan fingerprint density at radius 2 is 1.03 bits per heavy atom. The van der Waals surface area contributed by atoms with Crippen molar-refractivity contribution in [2.45, 2.75) is 124 Å². The average Bonchev–Trinajstić information content (AvgIpc) is 2.88. The minimum absolute atomic E-state index is 0.136. The lowest BCUT2D eigenvalue weighted by Crippen LogP contribution is -2.59. The van der Waals surface area contributed by atoms with Gasteiger partial charge in [0, 0.05) is 5.92 Å². The molecule has 0 rings (SSSR count). The first-order chi connectivity index (χ1) is 18.2. The molecule has 0 amide bonds. The Morgan fingerprint density at radius 3 is 1.39 bits per heavy atom. The van der Waals surface area contributed by atoms with Crippen molar-refractivity contribution in [3.05, 3.63) is 12.2 Å².